The van der Waals surface area contributed by atoms with E-state index >= 15 is 0 Å². The van der Waals surface area contributed by atoms with E-state index in [1.807, 2.05) is 0 Å². The van der Waals surface area contributed by atoms with E-state index in [2.05, 4.69) is 25.7 Å². The minimum Gasteiger partial charge on any atom is -0.391 e. The largest absolute Gasteiger partial charge is 0.391 e. The average molecular weight is 253 g/mol. The van der Waals surface area contributed by atoms with Gasteiger partial charge in [0.15, 0.2) is 0 Å². The topological polar surface area (TPSA) is 23.5 Å². The molecule has 1 saturated carbocycles. The van der Waals surface area contributed by atoms with Crippen LogP contribution in [0.1, 0.15) is 59.3 Å². The van der Waals surface area contributed by atoms with Crippen LogP contribution in [0.25, 0.3) is 0 Å². The normalized spacial score (nSPS) is 39.8. The van der Waals surface area contributed by atoms with Crippen LogP contribution in [0.5, 0.6) is 0 Å². The summed E-state index contributed by atoms with van der Waals surface area (Å²) < 4.78 is 0. The number of aliphatic hydroxyl groups excluding tert-OH is 1. The Balaban J connectivity index is 1.96. The standard InChI is InChI=1S/C16H31NO/c1-12(2)14-6-7-16(18)15(11-14)17-9-4-5-13(3)8-10-17/h12-16,18H,4-11H2,1-3H3. The van der Waals surface area contributed by atoms with Gasteiger partial charge in [0.25, 0.3) is 0 Å². The SMILES string of the molecule is CC1CCCN(C2CC(C(C)C)CCC2O)CC1. The number of likely N-dealkylation sites (tertiary alicyclic amines) is 1. The fourth-order valence-corrected chi connectivity index (χ4v) is 3.78. The fourth-order valence-electron chi connectivity index (χ4n) is 3.78. The Labute approximate surface area is 113 Å². The summed E-state index contributed by atoms with van der Waals surface area (Å²) in [6.07, 6.45) is 7.37. The van der Waals surface area contributed by atoms with Crippen LogP contribution in [0.3, 0.4) is 0 Å². The summed E-state index contributed by atoms with van der Waals surface area (Å²) in [5.41, 5.74) is 0. The predicted octanol–water partition coefficient (Wildman–Crippen LogP) is 3.29. The van der Waals surface area contributed by atoms with E-state index in [-0.39, 0.29) is 6.10 Å². The Hall–Kier alpha value is -0.0800. The van der Waals surface area contributed by atoms with Crippen molar-refractivity contribution in [3.63, 3.8) is 0 Å². The van der Waals surface area contributed by atoms with Gasteiger partial charge in [-0.25, -0.2) is 0 Å². The second kappa shape index (κ2) is 6.38. The maximum absolute atomic E-state index is 10.3. The molecule has 1 aliphatic heterocycles. The summed E-state index contributed by atoms with van der Waals surface area (Å²) in [6.45, 7) is 9.45. The van der Waals surface area contributed by atoms with Crippen molar-refractivity contribution in [3.8, 4) is 0 Å². The first-order valence-electron chi connectivity index (χ1n) is 8.00. The zero-order chi connectivity index (χ0) is 13.1. The summed E-state index contributed by atoms with van der Waals surface area (Å²) in [6, 6.07) is 0.441. The average Bonchev–Trinajstić information content (AvgIpc) is 2.54. The van der Waals surface area contributed by atoms with Gasteiger partial charge in [0.05, 0.1) is 6.10 Å². The van der Waals surface area contributed by atoms with E-state index in [1.165, 1.54) is 45.2 Å². The zero-order valence-corrected chi connectivity index (χ0v) is 12.4. The molecule has 1 N–H and O–H groups in total. The molecule has 18 heavy (non-hydrogen) atoms. The van der Waals surface area contributed by atoms with Crippen molar-refractivity contribution in [2.24, 2.45) is 17.8 Å². The van der Waals surface area contributed by atoms with Gasteiger partial charge in [-0.2, -0.15) is 0 Å². The molecule has 4 unspecified atom stereocenters. The molecule has 0 amide bonds. The van der Waals surface area contributed by atoms with E-state index in [0.717, 1.165) is 24.2 Å². The number of hydrogen-bond donors (Lipinski definition) is 1. The Morgan fingerprint density at radius 1 is 1.06 bits per heavy atom. The Bertz CT molecular complexity index is 253. The first-order valence-corrected chi connectivity index (χ1v) is 8.00. The minimum absolute atomic E-state index is 0.0755. The Morgan fingerprint density at radius 3 is 2.56 bits per heavy atom. The third-order valence-electron chi connectivity index (χ3n) is 5.28. The lowest BCUT2D eigenvalue weighted by Gasteiger charge is -2.41. The van der Waals surface area contributed by atoms with Crippen molar-refractivity contribution in [2.45, 2.75) is 71.4 Å². The van der Waals surface area contributed by atoms with Crippen LogP contribution in [0.15, 0.2) is 0 Å². The molecule has 2 nitrogen and oxygen atoms in total. The zero-order valence-electron chi connectivity index (χ0n) is 12.4. The lowest BCUT2D eigenvalue weighted by atomic mass is 9.77. The van der Waals surface area contributed by atoms with Gasteiger partial charge >= 0.3 is 0 Å². The van der Waals surface area contributed by atoms with Crippen molar-refractivity contribution in [2.75, 3.05) is 13.1 Å². The van der Waals surface area contributed by atoms with Gasteiger partial charge in [-0.15, -0.1) is 0 Å². The molecule has 1 aliphatic carbocycles. The van der Waals surface area contributed by atoms with Crippen LogP contribution >= 0.6 is 0 Å². The minimum atomic E-state index is -0.0755. The van der Waals surface area contributed by atoms with E-state index in [1.54, 1.807) is 0 Å². The highest BCUT2D eigenvalue weighted by Crippen LogP contribution is 2.34. The van der Waals surface area contributed by atoms with Gasteiger partial charge < -0.3 is 5.11 Å². The summed E-state index contributed by atoms with van der Waals surface area (Å²) >= 11 is 0. The van der Waals surface area contributed by atoms with Crippen LogP contribution in [0.2, 0.25) is 0 Å². The second-order valence-electron chi connectivity index (χ2n) is 7.02. The van der Waals surface area contributed by atoms with Crippen molar-refractivity contribution >= 4 is 0 Å². The number of hydrogen-bond acceptors (Lipinski definition) is 2. The first-order chi connectivity index (χ1) is 8.58. The van der Waals surface area contributed by atoms with Gasteiger partial charge in [-0.3, -0.25) is 4.90 Å². The summed E-state index contributed by atoms with van der Waals surface area (Å²) in [5, 5.41) is 10.3. The Kier molecular flexibility index (Phi) is 5.08. The molecular weight excluding hydrogens is 222 g/mol. The summed E-state index contributed by atoms with van der Waals surface area (Å²) in [7, 11) is 0. The van der Waals surface area contributed by atoms with E-state index < -0.39 is 0 Å². The van der Waals surface area contributed by atoms with Crippen molar-refractivity contribution in [3.05, 3.63) is 0 Å². The molecule has 106 valence electrons. The maximum Gasteiger partial charge on any atom is 0.0695 e. The van der Waals surface area contributed by atoms with E-state index in [9.17, 15) is 5.11 Å². The second-order valence-corrected chi connectivity index (χ2v) is 7.02. The predicted molar refractivity (Wildman–Crippen MR) is 76.6 cm³/mol. The molecule has 0 aromatic heterocycles. The molecule has 2 heteroatoms. The van der Waals surface area contributed by atoms with E-state index in [4.69, 9.17) is 0 Å². The highest BCUT2D eigenvalue weighted by atomic mass is 16.3. The van der Waals surface area contributed by atoms with Gasteiger partial charge in [-0.05, 0) is 69.4 Å². The van der Waals surface area contributed by atoms with Crippen molar-refractivity contribution in [1.82, 2.24) is 4.90 Å². The molecule has 1 saturated heterocycles. The summed E-state index contributed by atoms with van der Waals surface area (Å²) in [5.74, 6) is 2.46. The molecule has 1 heterocycles. The number of aliphatic hydroxyl groups is 1. The van der Waals surface area contributed by atoms with Crippen LogP contribution in [-0.4, -0.2) is 35.2 Å². The third kappa shape index (κ3) is 3.48. The van der Waals surface area contributed by atoms with Gasteiger partial charge in [0.2, 0.25) is 0 Å². The van der Waals surface area contributed by atoms with E-state index in [0.29, 0.717) is 6.04 Å². The van der Waals surface area contributed by atoms with Crippen molar-refractivity contribution in [1.29, 1.82) is 0 Å². The molecule has 4 atom stereocenters. The van der Waals surface area contributed by atoms with Gasteiger partial charge in [0, 0.05) is 6.04 Å². The molecule has 0 aromatic carbocycles. The molecule has 0 radical (unpaired) electrons. The lowest BCUT2D eigenvalue weighted by Crippen LogP contribution is -2.48. The molecule has 0 bridgehead atoms. The molecular formula is C16H31NO. The molecule has 2 aliphatic rings. The quantitative estimate of drug-likeness (QED) is 0.816. The molecule has 0 aromatic rings. The van der Waals surface area contributed by atoms with Crippen LogP contribution in [-0.2, 0) is 0 Å². The molecule has 2 rings (SSSR count). The maximum atomic E-state index is 10.3. The Morgan fingerprint density at radius 2 is 1.83 bits per heavy atom. The summed E-state index contributed by atoms with van der Waals surface area (Å²) in [4.78, 5) is 2.60. The number of rotatable bonds is 2. The fraction of sp³-hybridized carbons (Fsp3) is 1.00. The van der Waals surface area contributed by atoms with Gasteiger partial charge in [0.1, 0.15) is 0 Å². The lowest BCUT2D eigenvalue weighted by molar-refractivity contribution is -0.00349. The van der Waals surface area contributed by atoms with Crippen molar-refractivity contribution < 1.29 is 5.11 Å². The third-order valence-corrected chi connectivity index (χ3v) is 5.28. The highest BCUT2D eigenvalue weighted by Gasteiger charge is 2.34. The first kappa shape index (κ1) is 14.3. The monoisotopic (exact) mass is 253 g/mol. The van der Waals surface area contributed by atoms with Crippen LogP contribution < -0.4 is 0 Å². The van der Waals surface area contributed by atoms with Gasteiger partial charge in [-0.1, -0.05) is 20.8 Å². The smallest absolute Gasteiger partial charge is 0.0695 e. The molecule has 2 fully saturated rings. The number of nitrogens with zero attached hydrogens (tertiary/aromatic N) is 1. The van der Waals surface area contributed by atoms with Crippen LogP contribution in [0, 0.1) is 17.8 Å². The highest BCUT2D eigenvalue weighted by molar-refractivity contribution is 4.88. The molecule has 0 spiro atoms. The van der Waals surface area contributed by atoms with Crippen LogP contribution in [0.4, 0.5) is 0 Å².